The second-order valence-electron chi connectivity index (χ2n) is 8.18. The number of benzene rings is 4. The van der Waals surface area contributed by atoms with Crippen molar-refractivity contribution >= 4 is 17.1 Å². The number of fused-ring (bicyclic) bond motifs is 8. The lowest BCUT2D eigenvalue weighted by Gasteiger charge is -2.40. The molecule has 0 unspecified atom stereocenters. The highest BCUT2D eigenvalue weighted by Gasteiger charge is 2.35. The molecule has 0 atom stereocenters. The van der Waals surface area contributed by atoms with Crippen LogP contribution in [-0.4, -0.2) is 0 Å². The van der Waals surface area contributed by atoms with Crippen LogP contribution in [0.2, 0.25) is 0 Å². The number of hydrogen-bond donors (Lipinski definition) is 0. The summed E-state index contributed by atoms with van der Waals surface area (Å²) in [6.45, 7) is 0. The van der Waals surface area contributed by atoms with Gasteiger partial charge in [0, 0.05) is 24.1 Å². The largest absolute Gasteiger partial charge is 0.309 e. The zero-order valence-electron chi connectivity index (χ0n) is 15.6. The Morgan fingerprint density at radius 3 is 1.96 bits per heavy atom. The summed E-state index contributed by atoms with van der Waals surface area (Å²) in [5, 5.41) is 0. The van der Waals surface area contributed by atoms with E-state index >= 15 is 0 Å². The smallest absolute Gasteiger partial charge is 0.0578 e. The molecule has 0 N–H and O–H groups in total. The van der Waals surface area contributed by atoms with Gasteiger partial charge in [0.15, 0.2) is 0 Å². The third-order valence-corrected chi connectivity index (χ3v) is 6.66. The van der Waals surface area contributed by atoms with Crippen molar-refractivity contribution in [1.82, 2.24) is 0 Å². The monoisotopic (exact) mass is 357 g/mol. The van der Waals surface area contributed by atoms with E-state index in [1.165, 1.54) is 61.6 Å². The summed E-state index contributed by atoms with van der Waals surface area (Å²) < 4.78 is 0. The van der Waals surface area contributed by atoms with Gasteiger partial charge in [0.05, 0.1) is 11.4 Å². The maximum absolute atomic E-state index is 2.57. The fourth-order valence-corrected chi connectivity index (χ4v) is 5.50. The molecule has 0 fully saturated rings. The third kappa shape index (κ3) is 1.77. The minimum Gasteiger partial charge on any atom is -0.309 e. The topological polar surface area (TPSA) is 3.24 Å². The molecule has 0 aromatic heterocycles. The Hall–Kier alpha value is -3.32. The highest BCUT2D eigenvalue weighted by atomic mass is 15.2. The van der Waals surface area contributed by atoms with E-state index in [9.17, 15) is 0 Å². The summed E-state index contributed by atoms with van der Waals surface area (Å²) in [5.41, 5.74) is 15.7. The van der Waals surface area contributed by atoms with Crippen molar-refractivity contribution in [2.24, 2.45) is 0 Å². The second-order valence-corrected chi connectivity index (χ2v) is 8.18. The normalized spacial score (nSPS) is 14.6. The van der Waals surface area contributed by atoms with E-state index in [1.54, 1.807) is 0 Å². The first-order chi connectivity index (χ1) is 13.9. The van der Waals surface area contributed by atoms with E-state index in [4.69, 9.17) is 0 Å². The first kappa shape index (κ1) is 14.7. The third-order valence-electron chi connectivity index (χ3n) is 6.66. The molecule has 0 bridgehead atoms. The number of hydrogen-bond acceptors (Lipinski definition) is 1. The fourth-order valence-electron chi connectivity index (χ4n) is 5.50. The second kappa shape index (κ2) is 5.14. The summed E-state index contributed by atoms with van der Waals surface area (Å²) in [6, 6.07) is 29.4. The fraction of sp³-hybridized carbons (Fsp3) is 0.111. The molecule has 0 saturated carbocycles. The average Bonchev–Trinajstić information content (AvgIpc) is 3.12. The van der Waals surface area contributed by atoms with Crippen molar-refractivity contribution < 1.29 is 0 Å². The minimum atomic E-state index is 1.02. The SMILES string of the molecule is c1ccc2c(c1)Cc1ccc3c(c1-2)N1c2ccccc2Cc2cccc(c21)C3. The molecule has 1 nitrogen and oxygen atoms in total. The Morgan fingerprint density at radius 1 is 0.464 bits per heavy atom. The molecule has 7 rings (SSSR count). The molecule has 1 aliphatic carbocycles. The van der Waals surface area contributed by atoms with E-state index < -0.39 is 0 Å². The molecule has 3 aliphatic rings. The number of nitrogens with zero attached hydrogens (tertiary/aromatic N) is 1. The van der Waals surface area contributed by atoms with Crippen LogP contribution in [0.1, 0.15) is 33.4 Å². The summed E-state index contributed by atoms with van der Waals surface area (Å²) in [7, 11) is 0. The zero-order chi connectivity index (χ0) is 18.2. The number of rotatable bonds is 0. The van der Waals surface area contributed by atoms with Gasteiger partial charge in [-0.1, -0.05) is 72.8 Å². The maximum atomic E-state index is 2.57. The van der Waals surface area contributed by atoms with Crippen molar-refractivity contribution in [1.29, 1.82) is 0 Å². The number of para-hydroxylation sites is 2. The van der Waals surface area contributed by atoms with Crippen LogP contribution >= 0.6 is 0 Å². The summed E-state index contributed by atoms with van der Waals surface area (Å²) in [5.74, 6) is 0. The van der Waals surface area contributed by atoms with Crippen LogP contribution in [0, 0.1) is 0 Å². The van der Waals surface area contributed by atoms with Crippen molar-refractivity contribution in [3.05, 3.63) is 112 Å². The van der Waals surface area contributed by atoms with Crippen LogP contribution < -0.4 is 4.90 Å². The van der Waals surface area contributed by atoms with Crippen LogP contribution in [-0.2, 0) is 19.3 Å². The minimum absolute atomic E-state index is 1.02. The molecule has 132 valence electrons. The first-order valence-corrected chi connectivity index (χ1v) is 10.1. The Morgan fingerprint density at radius 2 is 1.07 bits per heavy atom. The van der Waals surface area contributed by atoms with Gasteiger partial charge in [-0.3, -0.25) is 0 Å². The molecule has 28 heavy (non-hydrogen) atoms. The van der Waals surface area contributed by atoms with Gasteiger partial charge in [0.25, 0.3) is 0 Å². The molecule has 2 heterocycles. The van der Waals surface area contributed by atoms with Gasteiger partial charge in [0.1, 0.15) is 0 Å². The van der Waals surface area contributed by atoms with Gasteiger partial charge < -0.3 is 4.90 Å². The van der Waals surface area contributed by atoms with Crippen LogP contribution in [0.5, 0.6) is 0 Å². The van der Waals surface area contributed by atoms with E-state index in [0.29, 0.717) is 0 Å². The Balaban J connectivity index is 1.60. The molecule has 1 heteroatoms. The lowest BCUT2D eigenvalue weighted by Crippen LogP contribution is -2.25. The van der Waals surface area contributed by atoms with E-state index in [2.05, 4.69) is 83.8 Å². The van der Waals surface area contributed by atoms with Gasteiger partial charge in [-0.15, -0.1) is 0 Å². The molecule has 0 amide bonds. The highest BCUT2D eigenvalue weighted by molar-refractivity contribution is 5.99. The maximum Gasteiger partial charge on any atom is 0.0578 e. The average molecular weight is 357 g/mol. The first-order valence-electron chi connectivity index (χ1n) is 10.1. The molecular weight excluding hydrogens is 338 g/mol. The number of anilines is 3. The van der Waals surface area contributed by atoms with Crippen molar-refractivity contribution in [2.75, 3.05) is 4.90 Å². The summed E-state index contributed by atoms with van der Waals surface area (Å²) in [4.78, 5) is 2.57. The van der Waals surface area contributed by atoms with E-state index in [1.807, 2.05) is 0 Å². The van der Waals surface area contributed by atoms with Gasteiger partial charge in [0.2, 0.25) is 0 Å². The quantitative estimate of drug-likeness (QED) is 0.298. The van der Waals surface area contributed by atoms with Crippen molar-refractivity contribution in [3.63, 3.8) is 0 Å². The van der Waals surface area contributed by atoms with Crippen molar-refractivity contribution in [2.45, 2.75) is 19.3 Å². The molecule has 0 radical (unpaired) electrons. The molecule has 0 spiro atoms. The van der Waals surface area contributed by atoms with E-state index in [0.717, 1.165) is 19.3 Å². The predicted octanol–water partition coefficient (Wildman–Crippen LogP) is 6.54. The lowest BCUT2D eigenvalue weighted by atomic mass is 9.84. The van der Waals surface area contributed by atoms with Gasteiger partial charge >= 0.3 is 0 Å². The van der Waals surface area contributed by atoms with Crippen molar-refractivity contribution in [3.8, 4) is 11.1 Å². The van der Waals surface area contributed by atoms with Gasteiger partial charge in [-0.2, -0.15) is 0 Å². The van der Waals surface area contributed by atoms with E-state index in [-0.39, 0.29) is 0 Å². The summed E-state index contributed by atoms with van der Waals surface area (Å²) in [6.07, 6.45) is 3.09. The molecule has 4 aromatic rings. The molecular formula is C27H19N. The summed E-state index contributed by atoms with van der Waals surface area (Å²) >= 11 is 0. The Labute approximate surface area is 164 Å². The van der Waals surface area contributed by atoms with Crippen LogP contribution in [0.15, 0.2) is 78.9 Å². The van der Waals surface area contributed by atoms with Gasteiger partial charge in [-0.05, 0) is 51.4 Å². The Bertz CT molecular complexity index is 1280. The highest BCUT2D eigenvalue weighted by Crippen LogP contribution is 2.55. The Kier molecular flexibility index (Phi) is 2.70. The molecule has 0 saturated heterocycles. The lowest BCUT2D eigenvalue weighted by molar-refractivity contribution is 1.01. The molecule has 2 aliphatic heterocycles. The van der Waals surface area contributed by atoms with Gasteiger partial charge in [-0.25, -0.2) is 0 Å². The molecule has 4 aromatic carbocycles. The van der Waals surface area contributed by atoms with Crippen LogP contribution in [0.25, 0.3) is 11.1 Å². The van der Waals surface area contributed by atoms with Crippen LogP contribution in [0.3, 0.4) is 0 Å². The standard InChI is InChI=1S/C27H19N/c1-3-10-23-17(6-1)14-19-12-13-22-16-21-9-5-8-20-15-18-7-2-4-11-24(18)28(26(20)21)27(22)25(19)23/h1-13H,14-16H2. The predicted molar refractivity (Wildman–Crippen MR) is 115 cm³/mol. The van der Waals surface area contributed by atoms with Crippen LogP contribution in [0.4, 0.5) is 17.1 Å². The zero-order valence-corrected chi connectivity index (χ0v) is 15.6.